The first-order valence-electron chi connectivity index (χ1n) is 8.95. The molecule has 0 radical (unpaired) electrons. The molecule has 0 unspecified atom stereocenters. The molecule has 22 heavy (non-hydrogen) atoms. The van der Waals surface area contributed by atoms with Crippen LogP contribution >= 0.6 is 0 Å². The van der Waals surface area contributed by atoms with Gasteiger partial charge in [-0.25, -0.2) is 0 Å². The fraction of sp³-hybridized carbons (Fsp3) is 0.650. The average molecular weight is 306 g/mol. The highest BCUT2D eigenvalue weighted by Gasteiger charge is 1.96. The maximum absolute atomic E-state index is 10.3. The molecule has 0 aliphatic heterocycles. The number of hydrogen-bond donors (Lipinski definition) is 1. The normalized spacial score (nSPS) is 12.0. The smallest absolute Gasteiger partial charge is 0.303 e. The van der Waals surface area contributed by atoms with E-state index in [1.807, 2.05) is 0 Å². The first kappa shape index (κ1) is 20.7. The van der Waals surface area contributed by atoms with E-state index in [4.69, 9.17) is 5.11 Å². The number of carboxylic acids is 1. The summed E-state index contributed by atoms with van der Waals surface area (Å²) in [6.07, 6.45) is 26.3. The van der Waals surface area contributed by atoms with Crippen LogP contribution in [0.5, 0.6) is 0 Å². The van der Waals surface area contributed by atoms with Crippen molar-refractivity contribution in [1.82, 2.24) is 0 Å². The summed E-state index contributed by atoms with van der Waals surface area (Å²) < 4.78 is 0. The van der Waals surface area contributed by atoms with Crippen molar-refractivity contribution in [3.05, 3.63) is 36.5 Å². The molecule has 0 spiro atoms. The van der Waals surface area contributed by atoms with Crippen molar-refractivity contribution >= 4 is 5.97 Å². The van der Waals surface area contributed by atoms with E-state index >= 15 is 0 Å². The Kier molecular flexibility index (Phi) is 16.7. The van der Waals surface area contributed by atoms with Gasteiger partial charge in [0.15, 0.2) is 0 Å². The molecule has 0 aromatic rings. The summed E-state index contributed by atoms with van der Waals surface area (Å²) in [5.74, 6) is -0.668. The molecule has 0 aliphatic carbocycles. The summed E-state index contributed by atoms with van der Waals surface area (Å²) in [6.45, 7) is 2.15. The van der Waals surface area contributed by atoms with Crippen LogP contribution in [-0.4, -0.2) is 11.1 Å². The second-order valence-electron chi connectivity index (χ2n) is 5.72. The molecule has 0 bridgehead atoms. The van der Waals surface area contributed by atoms with Crippen LogP contribution in [0.3, 0.4) is 0 Å². The van der Waals surface area contributed by atoms with E-state index in [0.717, 1.165) is 25.7 Å². The Morgan fingerprint density at radius 2 is 1.27 bits per heavy atom. The van der Waals surface area contributed by atoms with Crippen LogP contribution in [0.2, 0.25) is 0 Å². The minimum absolute atomic E-state index is 0.326. The van der Waals surface area contributed by atoms with Crippen molar-refractivity contribution in [2.24, 2.45) is 0 Å². The molecule has 0 fully saturated rings. The summed E-state index contributed by atoms with van der Waals surface area (Å²) in [7, 11) is 0. The Labute approximate surface area is 137 Å². The van der Waals surface area contributed by atoms with Crippen LogP contribution in [0, 0.1) is 0 Å². The summed E-state index contributed by atoms with van der Waals surface area (Å²) in [6, 6.07) is 0. The summed E-state index contributed by atoms with van der Waals surface area (Å²) in [5, 5.41) is 8.52. The van der Waals surface area contributed by atoms with E-state index in [-0.39, 0.29) is 0 Å². The molecule has 0 saturated heterocycles. The molecule has 2 heteroatoms. The second-order valence-corrected chi connectivity index (χ2v) is 5.72. The Balaban J connectivity index is 3.19. The largest absolute Gasteiger partial charge is 0.481 e. The van der Waals surface area contributed by atoms with E-state index in [2.05, 4.69) is 43.4 Å². The number of hydrogen-bond acceptors (Lipinski definition) is 1. The van der Waals surface area contributed by atoms with Gasteiger partial charge < -0.3 is 5.11 Å². The fourth-order valence-corrected chi connectivity index (χ4v) is 2.22. The molecule has 0 rings (SSSR count). The minimum atomic E-state index is -0.668. The Hall–Kier alpha value is -1.31. The SMILES string of the molecule is CC/C=C/C=C/CCC/C=C/CCCCCCCCC(=O)O. The van der Waals surface area contributed by atoms with Gasteiger partial charge in [0.25, 0.3) is 0 Å². The third-order valence-electron chi connectivity index (χ3n) is 3.54. The van der Waals surface area contributed by atoms with Gasteiger partial charge in [-0.1, -0.05) is 69.1 Å². The van der Waals surface area contributed by atoms with Gasteiger partial charge in [0.2, 0.25) is 0 Å². The number of unbranched alkanes of at least 4 members (excludes halogenated alkanes) is 8. The van der Waals surface area contributed by atoms with Gasteiger partial charge in [-0.15, -0.1) is 0 Å². The lowest BCUT2D eigenvalue weighted by Crippen LogP contribution is -1.93. The predicted octanol–water partition coefficient (Wildman–Crippen LogP) is 6.44. The van der Waals surface area contributed by atoms with Crippen molar-refractivity contribution in [3.63, 3.8) is 0 Å². The van der Waals surface area contributed by atoms with Crippen molar-refractivity contribution in [1.29, 1.82) is 0 Å². The second kappa shape index (κ2) is 17.7. The molecule has 0 aromatic carbocycles. The number of aliphatic carboxylic acids is 1. The summed E-state index contributed by atoms with van der Waals surface area (Å²) in [4.78, 5) is 10.3. The zero-order chi connectivity index (χ0) is 16.3. The Morgan fingerprint density at radius 3 is 1.95 bits per heavy atom. The quantitative estimate of drug-likeness (QED) is 0.215. The van der Waals surface area contributed by atoms with Gasteiger partial charge in [-0.3, -0.25) is 4.79 Å². The van der Waals surface area contributed by atoms with Gasteiger partial charge in [0.05, 0.1) is 0 Å². The number of carboxylic acid groups (broad SMARTS) is 1. The number of rotatable bonds is 15. The van der Waals surface area contributed by atoms with Crippen LogP contribution in [0.25, 0.3) is 0 Å². The first-order valence-corrected chi connectivity index (χ1v) is 8.95. The zero-order valence-electron chi connectivity index (χ0n) is 14.3. The van der Waals surface area contributed by atoms with E-state index in [9.17, 15) is 4.79 Å². The lowest BCUT2D eigenvalue weighted by Gasteiger charge is -1.99. The average Bonchev–Trinajstić information content (AvgIpc) is 2.50. The zero-order valence-corrected chi connectivity index (χ0v) is 14.3. The maximum Gasteiger partial charge on any atom is 0.303 e. The van der Waals surface area contributed by atoms with Gasteiger partial charge in [0, 0.05) is 6.42 Å². The summed E-state index contributed by atoms with van der Waals surface area (Å²) >= 11 is 0. The van der Waals surface area contributed by atoms with Crippen molar-refractivity contribution in [3.8, 4) is 0 Å². The van der Waals surface area contributed by atoms with E-state index in [0.29, 0.717) is 6.42 Å². The summed E-state index contributed by atoms with van der Waals surface area (Å²) in [5.41, 5.74) is 0. The van der Waals surface area contributed by atoms with Crippen molar-refractivity contribution in [2.45, 2.75) is 84.0 Å². The molecule has 0 atom stereocenters. The third kappa shape index (κ3) is 18.7. The highest BCUT2D eigenvalue weighted by molar-refractivity contribution is 5.66. The van der Waals surface area contributed by atoms with Crippen LogP contribution in [-0.2, 0) is 4.79 Å². The standard InChI is InChI=1S/C20H34O2/c1-2-3-4-5-6-7-8-9-10-11-12-13-14-15-16-17-18-19-20(21)22/h3-6,10-11H,2,7-9,12-19H2,1H3,(H,21,22)/b4-3+,6-5+,11-10+. The van der Waals surface area contributed by atoms with Crippen molar-refractivity contribution in [2.75, 3.05) is 0 Å². The van der Waals surface area contributed by atoms with Crippen LogP contribution < -0.4 is 0 Å². The molecule has 126 valence electrons. The molecule has 1 N–H and O–H groups in total. The third-order valence-corrected chi connectivity index (χ3v) is 3.54. The highest BCUT2D eigenvalue weighted by atomic mass is 16.4. The molecule has 0 aliphatic rings. The van der Waals surface area contributed by atoms with Gasteiger partial charge in [-0.2, -0.15) is 0 Å². The van der Waals surface area contributed by atoms with Crippen LogP contribution in [0.1, 0.15) is 84.0 Å². The minimum Gasteiger partial charge on any atom is -0.481 e. The van der Waals surface area contributed by atoms with E-state index in [1.54, 1.807) is 0 Å². The topological polar surface area (TPSA) is 37.3 Å². The molecule has 0 amide bonds. The lowest BCUT2D eigenvalue weighted by molar-refractivity contribution is -0.137. The van der Waals surface area contributed by atoms with Gasteiger partial charge >= 0.3 is 5.97 Å². The molecule has 0 saturated carbocycles. The van der Waals surface area contributed by atoms with Crippen molar-refractivity contribution < 1.29 is 9.90 Å². The maximum atomic E-state index is 10.3. The van der Waals surface area contributed by atoms with Crippen LogP contribution in [0.4, 0.5) is 0 Å². The van der Waals surface area contributed by atoms with E-state index < -0.39 is 5.97 Å². The van der Waals surface area contributed by atoms with Gasteiger partial charge in [-0.05, 0) is 44.9 Å². The van der Waals surface area contributed by atoms with Crippen LogP contribution in [0.15, 0.2) is 36.5 Å². The number of carbonyl (C=O) groups is 1. The van der Waals surface area contributed by atoms with E-state index in [1.165, 1.54) is 44.9 Å². The molecular weight excluding hydrogens is 272 g/mol. The predicted molar refractivity (Wildman–Crippen MR) is 96.1 cm³/mol. The lowest BCUT2D eigenvalue weighted by atomic mass is 10.1. The molecular formula is C20H34O2. The highest BCUT2D eigenvalue weighted by Crippen LogP contribution is 2.09. The number of allylic oxidation sites excluding steroid dienone is 6. The Morgan fingerprint density at radius 1 is 0.727 bits per heavy atom. The fourth-order valence-electron chi connectivity index (χ4n) is 2.22. The molecule has 2 nitrogen and oxygen atoms in total. The van der Waals surface area contributed by atoms with Gasteiger partial charge in [0.1, 0.15) is 0 Å². The molecule has 0 aromatic heterocycles. The Bertz CT molecular complexity index is 327. The molecule has 0 heterocycles. The monoisotopic (exact) mass is 306 g/mol. The first-order chi connectivity index (χ1) is 10.8.